The van der Waals surface area contributed by atoms with Crippen LogP contribution < -0.4 is 29.7 Å². The molecule has 9 nitrogen and oxygen atoms in total. The first-order valence-corrected chi connectivity index (χ1v) is 12.6. The molecule has 0 unspecified atom stereocenters. The van der Waals surface area contributed by atoms with Crippen molar-refractivity contribution >= 4 is 46.4 Å². The Kier molecular flexibility index (Phi) is 8.22. The summed E-state index contributed by atoms with van der Waals surface area (Å²) in [5, 5.41) is 5.45. The normalized spacial score (nSPS) is 12.1. The van der Waals surface area contributed by atoms with E-state index in [1.165, 1.54) is 0 Å². The molecule has 4 rings (SSSR count). The van der Waals surface area contributed by atoms with Gasteiger partial charge in [0.2, 0.25) is 5.75 Å². The number of rotatable bonds is 9. The number of ether oxygens (including phenoxy) is 3. The summed E-state index contributed by atoms with van der Waals surface area (Å²) in [5.74, 6) is -0.280. The minimum absolute atomic E-state index is 0.0494. The van der Waals surface area contributed by atoms with Crippen molar-refractivity contribution in [3.63, 3.8) is 0 Å². The maximum atomic E-state index is 13.2. The van der Waals surface area contributed by atoms with Gasteiger partial charge in [-0.15, -0.1) is 0 Å². The number of hydrogen-bond acceptors (Lipinski definition) is 7. The Labute approximate surface area is 225 Å². The third-order valence-electron chi connectivity index (χ3n) is 5.58. The molecule has 0 aliphatic carbocycles. The molecule has 196 valence electrons. The second kappa shape index (κ2) is 11.7. The highest BCUT2D eigenvalue weighted by Gasteiger charge is 2.38. The van der Waals surface area contributed by atoms with Gasteiger partial charge in [0.05, 0.1) is 42.3 Å². The van der Waals surface area contributed by atoms with Crippen molar-refractivity contribution in [1.29, 1.82) is 0 Å². The van der Waals surface area contributed by atoms with E-state index in [9.17, 15) is 14.4 Å². The Morgan fingerprint density at radius 2 is 1.47 bits per heavy atom. The SMILES string of the molecule is CCOc1cc(C(=O)NC(=S)Nc2cccc3c2C(=O)N(c2ccccc2)C3=O)cc(OCC)c1OCC. The summed E-state index contributed by atoms with van der Waals surface area (Å²) >= 11 is 5.37. The molecule has 1 aliphatic rings. The molecule has 1 heterocycles. The molecule has 0 aromatic heterocycles. The average Bonchev–Trinajstić information content (AvgIpc) is 3.16. The second-order valence-electron chi connectivity index (χ2n) is 8.02. The molecule has 3 aromatic rings. The Balaban J connectivity index is 1.56. The standard InChI is InChI=1S/C28H27N3O6S/c1-4-35-21-15-17(16-22(36-5-2)24(21)37-6-3)25(32)30-28(38)29-20-14-10-13-19-23(20)27(34)31(26(19)33)18-11-8-7-9-12-18/h7-16H,4-6H2,1-3H3,(H2,29,30,32,38). The van der Waals surface area contributed by atoms with Crippen LogP contribution in [0.2, 0.25) is 0 Å². The number of thiocarbonyl (C=S) groups is 1. The lowest BCUT2D eigenvalue weighted by molar-refractivity contribution is 0.0924. The maximum absolute atomic E-state index is 13.2. The summed E-state index contributed by atoms with van der Waals surface area (Å²) in [5.41, 5.74) is 1.43. The first-order chi connectivity index (χ1) is 18.4. The van der Waals surface area contributed by atoms with Crippen molar-refractivity contribution in [3.8, 4) is 17.2 Å². The van der Waals surface area contributed by atoms with E-state index in [0.29, 0.717) is 48.4 Å². The Morgan fingerprint density at radius 3 is 2.08 bits per heavy atom. The van der Waals surface area contributed by atoms with Crippen molar-refractivity contribution in [3.05, 3.63) is 77.4 Å². The van der Waals surface area contributed by atoms with E-state index >= 15 is 0 Å². The molecule has 0 saturated heterocycles. The Morgan fingerprint density at radius 1 is 0.842 bits per heavy atom. The number of anilines is 2. The number of nitrogens with zero attached hydrogens (tertiary/aromatic N) is 1. The van der Waals surface area contributed by atoms with Gasteiger partial charge in [-0.3, -0.25) is 19.7 Å². The van der Waals surface area contributed by atoms with Crippen LogP contribution in [0.4, 0.5) is 11.4 Å². The molecule has 0 bridgehead atoms. The van der Waals surface area contributed by atoms with Crippen molar-refractivity contribution in [1.82, 2.24) is 5.32 Å². The first kappa shape index (κ1) is 26.6. The molecule has 1 aliphatic heterocycles. The summed E-state index contributed by atoms with van der Waals surface area (Å²) in [7, 11) is 0. The van der Waals surface area contributed by atoms with Crippen LogP contribution in [-0.2, 0) is 0 Å². The van der Waals surface area contributed by atoms with Gasteiger partial charge in [-0.1, -0.05) is 24.3 Å². The van der Waals surface area contributed by atoms with Gasteiger partial charge in [-0.05, 0) is 69.4 Å². The molecule has 38 heavy (non-hydrogen) atoms. The van der Waals surface area contributed by atoms with Crippen LogP contribution in [0.25, 0.3) is 0 Å². The van der Waals surface area contributed by atoms with Crippen LogP contribution >= 0.6 is 12.2 Å². The van der Waals surface area contributed by atoms with Crippen LogP contribution in [0.5, 0.6) is 17.2 Å². The molecule has 0 fully saturated rings. The van der Waals surface area contributed by atoms with E-state index in [0.717, 1.165) is 4.90 Å². The fourth-order valence-corrected chi connectivity index (χ4v) is 4.25. The summed E-state index contributed by atoms with van der Waals surface area (Å²) in [6.45, 7) is 6.61. The fraction of sp³-hybridized carbons (Fsp3) is 0.214. The van der Waals surface area contributed by atoms with Crippen molar-refractivity contribution in [2.75, 3.05) is 30.0 Å². The fourth-order valence-electron chi connectivity index (χ4n) is 4.05. The molecule has 3 aromatic carbocycles. The van der Waals surface area contributed by atoms with E-state index in [1.807, 2.05) is 20.8 Å². The summed E-state index contributed by atoms with van der Waals surface area (Å²) in [4.78, 5) is 40.4. The number of nitrogens with one attached hydrogen (secondary N) is 2. The zero-order valence-corrected chi connectivity index (χ0v) is 22.0. The number of hydrogen-bond donors (Lipinski definition) is 2. The largest absolute Gasteiger partial charge is 0.490 e. The van der Waals surface area contributed by atoms with E-state index in [-0.39, 0.29) is 21.8 Å². The molecule has 0 atom stereocenters. The van der Waals surface area contributed by atoms with Crippen LogP contribution in [0.3, 0.4) is 0 Å². The molecule has 3 amide bonds. The lowest BCUT2D eigenvalue weighted by Crippen LogP contribution is -2.35. The second-order valence-corrected chi connectivity index (χ2v) is 8.43. The van der Waals surface area contributed by atoms with Crippen LogP contribution in [0, 0.1) is 0 Å². The van der Waals surface area contributed by atoms with Crippen molar-refractivity contribution < 1.29 is 28.6 Å². The predicted octanol–water partition coefficient (Wildman–Crippen LogP) is 4.81. The minimum Gasteiger partial charge on any atom is -0.490 e. The predicted molar refractivity (Wildman–Crippen MR) is 148 cm³/mol. The highest BCUT2D eigenvalue weighted by molar-refractivity contribution is 7.80. The highest BCUT2D eigenvalue weighted by Crippen LogP contribution is 2.39. The topological polar surface area (TPSA) is 106 Å². The first-order valence-electron chi connectivity index (χ1n) is 12.1. The monoisotopic (exact) mass is 533 g/mol. The lowest BCUT2D eigenvalue weighted by atomic mass is 10.1. The van der Waals surface area contributed by atoms with Gasteiger partial charge in [0.15, 0.2) is 16.6 Å². The summed E-state index contributed by atoms with van der Waals surface area (Å²) in [6.07, 6.45) is 0. The molecule has 0 saturated carbocycles. The van der Waals surface area contributed by atoms with Crippen LogP contribution in [0.1, 0.15) is 51.8 Å². The van der Waals surface area contributed by atoms with Crippen LogP contribution in [0.15, 0.2) is 60.7 Å². The molecular weight excluding hydrogens is 506 g/mol. The Bertz CT molecular complexity index is 1370. The highest BCUT2D eigenvalue weighted by atomic mass is 32.1. The zero-order valence-electron chi connectivity index (χ0n) is 21.2. The third kappa shape index (κ3) is 5.30. The number of para-hydroxylation sites is 1. The van der Waals surface area contributed by atoms with Crippen molar-refractivity contribution in [2.24, 2.45) is 0 Å². The van der Waals surface area contributed by atoms with Crippen LogP contribution in [-0.4, -0.2) is 42.7 Å². The zero-order chi connectivity index (χ0) is 27.2. The number of carbonyl (C=O) groups excluding carboxylic acids is 3. The van der Waals surface area contributed by atoms with Gasteiger partial charge in [0.1, 0.15) is 0 Å². The lowest BCUT2D eigenvalue weighted by Gasteiger charge is -2.17. The summed E-state index contributed by atoms with van der Waals surface area (Å²) < 4.78 is 17.0. The quantitative estimate of drug-likeness (QED) is 0.298. The molecule has 2 N–H and O–H groups in total. The minimum atomic E-state index is -0.520. The van der Waals surface area contributed by atoms with Gasteiger partial charge >= 0.3 is 0 Å². The number of fused-ring (bicyclic) bond motifs is 1. The van der Waals surface area contributed by atoms with Crippen molar-refractivity contribution in [2.45, 2.75) is 20.8 Å². The van der Waals surface area contributed by atoms with E-state index in [2.05, 4.69) is 10.6 Å². The summed E-state index contributed by atoms with van der Waals surface area (Å²) in [6, 6.07) is 16.6. The van der Waals surface area contributed by atoms with Gasteiger partial charge in [-0.25, -0.2) is 4.90 Å². The van der Waals surface area contributed by atoms with E-state index in [1.54, 1.807) is 60.7 Å². The molecular formula is C28H27N3O6S. The van der Waals surface area contributed by atoms with Gasteiger partial charge in [0.25, 0.3) is 17.7 Å². The number of imide groups is 1. The van der Waals surface area contributed by atoms with E-state index in [4.69, 9.17) is 26.4 Å². The maximum Gasteiger partial charge on any atom is 0.268 e. The van der Waals surface area contributed by atoms with Gasteiger partial charge < -0.3 is 19.5 Å². The number of benzene rings is 3. The molecule has 10 heteroatoms. The van der Waals surface area contributed by atoms with Gasteiger partial charge in [0, 0.05) is 5.56 Å². The Hall–Kier alpha value is -4.44. The van der Waals surface area contributed by atoms with Gasteiger partial charge in [-0.2, -0.15) is 0 Å². The smallest absolute Gasteiger partial charge is 0.268 e. The third-order valence-corrected chi connectivity index (χ3v) is 5.78. The average molecular weight is 534 g/mol. The number of carbonyl (C=O) groups is 3. The molecule has 0 radical (unpaired) electrons. The molecule has 0 spiro atoms. The number of amides is 3. The van der Waals surface area contributed by atoms with E-state index < -0.39 is 17.7 Å².